The van der Waals surface area contributed by atoms with Crippen LogP contribution >= 0.6 is 0 Å². The molecule has 0 heterocycles. The minimum absolute atomic E-state index is 0.808. The molecule has 1 nitrogen and oxygen atoms in total. The topological polar surface area (TPSA) is 9.23 Å². The zero-order valence-corrected chi connectivity index (χ0v) is 14.3. The van der Waals surface area contributed by atoms with E-state index in [9.17, 15) is 0 Å². The summed E-state index contributed by atoms with van der Waals surface area (Å²) in [6.45, 7) is 3.07. The summed E-state index contributed by atoms with van der Waals surface area (Å²) in [5.74, 6) is 3.62. The summed E-state index contributed by atoms with van der Waals surface area (Å²) >= 11 is 0. The Balaban J connectivity index is 1.68. The Morgan fingerprint density at radius 1 is 0.826 bits per heavy atom. The van der Waals surface area contributed by atoms with E-state index < -0.39 is 0 Å². The lowest BCUT2D eigenvalue weighted by atomic mass is 10.1. The quantitative estimate of drug-likeness (QED) is 0.367. The van der Waals surface area contributed by atoms with Crippen LogP contribution in [0.15, 0.2) is 36.4 Å². The largest absolute Gasteiger partial charge is 0.494 e. The first-order chi connectivity index (χ1) is 11.3. The molecule has 0 saturated carbocycles. The predicted molar refractivity (Wildman–Crippen MR) is 100.0 cm³/mol. The van der Waals surface area contributed by atoms with E-state index in [4.69, 9.17) is 11.2 Å². The zero-order valence-electron chi connectivity index (χ0n) is 14.3. The summed E-state index contributed by atoms with van der Waals surface area (Å²) < 4.78 is 5.88. The second-order valence-electron chi connectivity index (χ2n) is 6.19. The van der Waals surface area contributed by atoms with E-state index in [1.165, 1.54) is 55.7 Å². The van der Waals surface area contributed by atoms with Crippen molar-refractivity contribution in [3.8, 4) is 18.1 Å². The SMILES string of the molecule is C#Cc1ccc2cc(OCCCCCCCCCC)ccc2c1. The van der Waals surface area contributed by atoms with Crippen LogP contribution in [-0.4, -0.2) is 6.61 Å². The second-order valence-corrected chi connectivity index (χ2v) is 6.19. The Bertz CT molecular complexity index is 636. The van der Waals surface area contributed by atoms with Crippen molar-refractivity contribution in [1.29, 1.82) is 0 Å². The molecule has 23 heavy (non-hydrogen) atoms. The number of fused-ring (bicyclic) bond motifs is 1. The van der Waals surface area contributed by atoms with Gasteiger partial charge in [0, 0.05) is 5.56 Å². The number of terminal acetylenes is 1. The van der Waals surface area contributed by atoms with Crippen LogP contribution in [-0.2, 0) is 0 Å². The zero-order chi connectivity index (χ0) is 16.3. The molecule has 0 spiro atoms. The lowest BCUT2D eigenvalue weighted by Gasteiger charge is -2.08. The van der Waals surface area contributed by atoms with Crippen molar-refractivity contribution in [1.82, 2.24) is 0 Å². The highest BCUT2D eigenvalue weighted by molar-refractivity contribution is 5.85. The number of hydrogen-bond acceptors (Lipinski definition) is 1. The molecule has 1 heteroatoms. The molecule has 0 aliphatic rings. The smallest absolute Gasteiger partial charge is 0.119 e. The van der Waals surface area contributed by atoms with Crippen molar-refractivity contribution in [2.45, 2.75) is 58.3 Å². The fourth-order valence-electron chi connectivity index (χ4n) is 2.83. The van der Waals surface area contributed by atoms with Gasteiger partial charge in [-0.2, -0.15) is 0 Å². The minimum atomic E-state index is 0.808. The van der Waals surface area contributed by atoms with Crippen molar-refractivity contribution < 1.29 is 4.74 Å². The van der Waals surface area contributed by atoms with Crippen molar-refractivity contribution in [3.05, 3.63) is 42.0 Å². The molecule has 0 amide bonds. The summed E-state index contributed by atoms with van der Waals surface area (Å²) in [5, 5.41) is 2.34. The van der Waals surface area contributed by atoms with Gasteiger partial charge in [-0.1, -0.05) is 69.9 Å². The number of hydrogen-bond donors (Lipinski definition) is 0. The van der Waals surface area contributed by atoms with E-state index in [1.54, 1.807) is 0 Å². The molecule has 0 aliphatic carbocycles. The molecule has 122 valence electrons. The summed E-state index contributed by atoms with van der Waals surface area (Å²) in [6, 6.07) is 12.3. The second kappa shape index (κ2) is 9.95. The molecule has 0 radical (unpaired) electrons. The van der Waals surface area contributed by atoms with Crippen molar-refractivity contribution in [2.75, 3.05) is 6.61 Å². The first-order valence-electron chi connectivity index (χ1n) is 8.96. The monoisotopic (exact) mass is 308 g/mol. The average Bonchev–Trinajstić information content (AvgIpc) is 2.59. The Morgan fingerprint density at radius 2 is 1.48 bits per heavy atom. The summed E-state index contributed by atoms with van der Waals surface area (Å²) in [4.78, 5) is 0. The van der Waals surface area contributed by atoms with Gasteiger partial charge in [0.2, 0.25) is 0 Å². The number of rotatable bonds is 10. The molecule has 2 rings (SSSR count). The molecule has 0 N–H and O–H groups in total. The first kappa shape index (κ1) is 17.4. The Labute approximate surface area is 141 Å². The summed E-state index contributed by atoms with van der Waals surface area (Å²) in [7, 11) is 0. The van der Waals surface area contributed by atoms with E-state index in [1.807, 2.05) is 18.2 Å². The van der Waals surface area contributed by atoms with Gasteiger partial charge in [0.15, 0.2) is 0 Å². The van der Waals surface area contributed by atoms with Crippen LogP contribution in [0.3, 0.4) is 0 Å². The van der Waals surface area contributed by atoms with E-state index >= 15 is 0 Å². The molecule has 0 aliphatic heterocycles. The van der Waals surface area contributed by atoms with E-state index in [0.717, 1.165) is 24.3 Å². The molecular weight excluding hydrogens is 280 g/mol. The van der Waals surface area contributed by atoms with Gasteiger partial charge in [-0.05, 0) is 41.5 Å². The van der Waals surface area contributed by atoms with Crippen LogP contribution in [0, 0.1) is 12.3 Å². The predicted octanol–water partition coefficient (Wildman–Crippen LogP) is 6.34. The summed E-state index contributed by atoms with van der Waals surface area (Å²) in [6.07, 6.45) is 16.0. The Morgan fingerprint density at radius 3 is 2.22 bits per heavy atom. The van der Waals surface area contributed by atoms with Gasteiger partial charge in [0.1, 0.15) is 5.75 Å². The summed E-state index contributed by atoms with van der Waals surface area (Å²) in [5.41, 5.74) is 0.921. The van der Waals surface area contributed by atoms with E-state index in [2.05, 4.69) is 31.0 Å². The van der Waals surface area contributed by atoms with Crippen LogP contribution in [0.1, 0.15) is 63.9 Å². The highest BCUT2D eigenvalue weighted by Gasteiger charge is 1.99. The van der Waals surface area contributed by atoms with Crippen LogP contribution in [0.5, 0.6) is 5.75 Å². The van der Waals surface area contributed by atoms with Gasteiger partial charge in [-0.15, -0.1) is 6.42 Å². The highest BCUT2D eigenvalue weighted by atomic mass is 16.5. The maximum Gasteiger partial charge on any atom is 0.119 e. The molecule has 2 aromatic rings. The van der Waals surface area contributed by atoms with Crippen molar-refractivity contribution in [2.24, 2.45) is 0 Å². The fraction of sp³-hybridized carbons (Fsp3) is 0.455. The number of benzene rings is 2. The maximum absolute atomic E-state index is 5.88. The molecule has 0 bridgehead atoms. The van der Waals surface area contributed by atoms with Gasteiger partial charge in [-0.3, -0.25) is 0 Å². The highest BCUT2D eigenvalue weighted by Crippen LogP contribution is 2.22. The van der Waals surface area contributed by atoms with Gasteiger partial charge < -0.3 is 4.74 Å². The first-order valence-corrected chi connectivity index (χ1v) is 8.96. The lowest BCUT2D eigenvalue weighted by molar-refractivity contribution is 0.304. The molecule has 0 atom stereocenters. The Hall–Kier alpha value is -1.94. The number of ether oxygens (including phenoxy) is 1. The van der Waals surface area contributed by atoms with E-state index in [0.29, 0.717) is 0 Å². The van der Waals surface area contributed by atoms with Crippen molar-refractivity contribution >= 4 is 10.8 Å². The van der Waals surface area contributed by atoms with Crippen LogP contribution in [0.25, 0.3) is 10.8 Å². The molecule has 2 aromatic carbocycles. The third-order valence-corrected chi connectivity index (χ3v) is 4.24. The van der Waals surface area contributed by atoms with Crippen LogP contribution < -0.4 is 4.74 Å². The van der Waals surface area contributed by atoms with Crippen LogP contribution in [0.2, 0.25) is 0 Å². The van der Waals surface area contributed by atoms with Gasteiger partial charge in [0.05, 0.1) is 6.61 Å². The van der Waals surface area contributed by atoms with E-state index in [-0.39, 0.29) is 0 Å². The van der Waals surface area contributed by atoms with Crippen molar-refractivity contribution in [3.63, 3.8) is 0 Å². The molecule has 0 unspecified atom stereocenters. The Kier molecular flexibility index (Phi) is 7.54. The number of unbranched alkanes of at least 4 members (excludes halogenated alkanes) is 7. The van der Waals surface area contributed by atoms with Crippen LogP contribution in [0.4, 0.5) is 0 Å². The standard InChI is InChI=1S/C22H28O/c1-3-5-6-7-8-9-10-11-16-23-22-15-14-20-17-19(4-2)12-13-21(20)18-22/h2,12-15,17-18H,3,5-11,16H2,1H3. The molecule has 0 aromatic heterocycles. The van der Waals surface area contributed by atoms with Gasteiger partial charge in [-0.25, -0.2) is 0 Å². The normalized spacial score (nSPS) is 10.6. The maximum atomic E-state index is 5.88. The molecule has 0 fully saturated rings. The lowest BCUT2D eigenvalue weighted by Crippen LogP contribution is -1.97. The minimum Gasteiger partial charge on any atom is -0.494 e. The fourth-order valence-corrected chi connectivity index (χ4v) is 2.83. The molecule has 0 saturated heterocycles. The third-order valence-electron chi connectivity index (χ3n) is 4.24. The average molecular weight is 308 g/mol. The third kappa shape index (κ3) is 5.99. The molecular formula is C22H28O. The van der Waals surface area contributed by atoms with Gasteiger partial charge in [0.25, 0.3) is 0 Å². The van der Waals surface area contributed by atoms with Gasteiger partial charge >= 0.3 is 0 Å².